The van der Waals surface area contributed by atoms with Gasteiger partial charge < -0.3 is 9.47 Å². The van der Waals surface area contributed by atoms with Gasteiger partial charge in [-0.15, -0.1) is 0 Å². The minimum absolute atomic E-state index is 0.158. The third kappa shape index (κ3) is 8.89. The van der Waals surface area contributed by atoms with E-state index >= 15 is 0 Å². The molecule has 3 heteroatoms. The lowest BCUT2D eigenvalue weighted by Gasteiger charge is -2.37. The largest absolute Gasteiger partial charge is 0.494 e. The summed E-state index contributed by atoms with van der Waals surface area (Å²) in [5.74, 6) is 2.38. The number of carbonyl (C=O) groups excluding carboxylic acids is 1. The summed E-state index contributed by atoms with van der Waals surface area (Å²) in [4.78, 5) is 13.6. The van der Waals surface area contributed by atoms with E-state index in [1.54, 1.807) is 0 Å². The number of unbranched alkanes of at least 4 members (excludes halogenated alkanes) is 4. The molecule has 0 radical (unpaired) electrons. The molecule has 3 nitrogen and oxygen atoms in total. The van der Waals surface area contributed by atoms with Crippen LogP contribution in [0.2, 0.25) is 0 Å². The van der Waals surface area contributed by atoms with Crippen molar-refractivity contribution >= 4 is 17.9 Å². The zero-order chi connectivity index (χ0) is 27.4. The van der Waals surface area contributed by atoms with Crippen molar-refractivity contribution in [3.8, 4) is 11.5 Å². The molecule has 0 saturated heterocycles. The van der Waals surface area contributed by atoms with Crippen LogP contribution in [0.25, 0.3) is 12.2 Å². The van der Waals surface area contributed by atoms with Crippen molar-refractivity contribution in [2.75, 3.05) is 13.2 Å². The van der Waals surface area contributed by atoms with Crippen LogP contribution in [0.5, 0.6) is 11.5 Å². The molecule has 3 rings (SSSR count). The highest BCUT2D eigenvalue weighted by Gasteiger charge is 2.36. The Balaban J connectivity index is 1.78. The van der Waals surface area contributed by atoms with E-state index in [0.29, 0.717) is 5.92 Å². The number of hydrogen-bond donors (Lipinski definition) is 0. The van der Waals surface area contributed by atoms with E-state index in [9.17, 15) is 4.79 Å². The van der Waals surface area contributed by atoms with Gasteiger partial charge in [0.15, 0.2) is 5.78 Å². The van der Waals surface area contributed by atoms with Gasteiger partial charge in [0.05, 0.1) is 13.2 Å². The fourth-order valence-electron chi connectivity index (χ4n) is 4.89. The summed E-state index contributed by atoms with van der Waals surface area (Å²) in [5.41, 5.74) is 4.06. The second kappa shape index (κ2) is 15.0. The van der Waals surface area contributed by atoms with Crippen LogP contribution in [0.4, 0.5) is 0 Å². The number of ketones is 1. The van der Waals surface area contributed by atoms with Crippen LogP contribution in [-0.2, 0) is 4.79 Å². The smallest absolute Gasteiger partial charge is 0.185 e. The van der Waals surface area contributed by atoms with E-state index in [1.165, 1.54) is 25.7 Å². The van der Waals surface area contributed by atoms with Crippen molar-refractivity contribution < 1.29 is 14.3 Å². The van der Waals surface area contributed by atoms with Gasteiger partial charge in [0.25, 0.3) is 0 Å². The lowest BCUT2D eigenvalue weighted by Crippen LogP contribution is -2.30. The Hall–Kier alpha value is -2.81. The molecule has 0 amide bonds. The Morgan fingerprint density at radius 2 is 1.13 bits per heavy atom. The van der Waals surface area contributed by atoms with E-state index in [4.69, 9.17) is 9.47 Å². The zero-order valence-electron chi connectivity index (χ0n) is 24.4. The molecule has 1 fully saturated rings. The standard InChI is InChI=1S/C35H48O3/c1-6-9-11-21-37-32-17-13-27(14-18-32)23-29-25-31(35(4,5)8-3)26-30(34(29)36)24-28-15-19-33(20-16-28)38-22-12-10-7-2/h13-20,23-24,31H,6-12,21-22,25-26H2,1-5H3/b29-23-,30-24+. The molecule has 0 aromatic heterocycles. The lowest BCUT2D eigenvalue weighted by atomic mass is 9.66. The average molecular weight is 517 g/mol. The number of rotatable bonds is 14. The van der Waals surface area contributed by atoms with Crippen molar-refractivity contribution in [3.63, 3.8) is 0 Å². The van der Waals surface area contributed by atoms with Gasteiger partial charge in [-0.25, -0.2) is 0 Å². The van der Waals surface area contributed by atoms with Gasteiger partial charge in [-0.05, 0) is 84.6 Å². The Morgan fingerprint density at radius 1 is 0.711 bits per heavy atom. The van der Waals surface area contributed by atoms with Gasteiger partial charge in [-0.1, -0.05) is 91.0 Å². The van der Waals surface area contributed by atoms with E-state index in [-0.39, 0.29) is 11.2 Å². The second-order valence-electron chi connectivity index (χ2n) is 11.4. The van der Waals surface area contributed by atoms with Crippen LogP contribution in [0.3, 0.4) is 0 Å². The van der Waals surface area contributed by atoms with E-state index in [0.717, 1.165) is 79.1 Å². The van der Waals surface area contributed by atoms with Crippen LogP contribution in [0.15, 0.2) is 59.7 Å². The zero-order valence-corrected chi connectivity index (χ0v) is 24.4. The third-order valence-electron chi connectivity index (χ3n) is 8.01. The maximum atomic E-state index is 13.6. The first-order valence-electron chi connectivity index (χ1n) is 14.8. The summed E-state index contributed by atoms with van der Waals surface area (Å²) in [6.45, 7) is 12.8. The van der Waals surface area contributed by atoms with Gasteiger partial charge in [-0.2, -0.15) is 0 Å². The molecule has 2 aromatic rings. The normalized spacial score (nSPS) is 18.2. The minimum atomic E-state index is 0.158. The molecular formula is C35H48O3. The van der Waals surface area contributed by atoms with Crippen molar-refractivity contribution in [3.05, 3.63) is 70.8 Å². The topological polar surface area (TPSA) is 35.5 Å². The Kier molecular flexibility index (Phi) is 11.7. The molecular weight excluding hydrogens is 468 g/mol. The van der Waals surface area contributed by atoms with Crippen LogP contribution in [0.1, 0.15) is 104 Å². The number of carbonyl (C=O) groups is 1. The molecule has 1 aliphatic rings. The van der Waals surface area contributed by atoms with E-state index in [2.05, 4.69) is 71.0 Å². The quantitative estimate of drug-likeness (QED) is 0.185. The fraction of sp³-hybridized carbons (Fsp3) is 0.514. The van der Waals surface area contributed by atoms with Gasteiger partial charge in [-0.3, -0.25) is 4.79 Å². The predicted molar refractivity (Wildman–Crippen MR) is 161 cm³/mol. The summed E-state index contributed by atoms with van der Waals surface area (Å²) >= 11 is 0. The third-order valence-corrected chi connectivity index (χ3v) is 8.01. The van der Waals surface area contributed by atoms with E-state index < -0.39 is 0 Å². The number of ether oxygens (including phenoxy) is 2. The molecule has 38 heavy (non-hydrogen) atoms. The average Bonchev–Trinajstić information content (AvgIpc) is 2.93. The van der Waals surface area contributed by atoms with Crippen molar-refractivity contribution in [2.45, 2.75) is 92.4 Å². The molecule has 0 N–H and O–H groups in total. The van der Waals surface area contributed by atoms with Gasteiger partial charge in [0.2, 0.25) is 0 Å². The van der Waals surface area contributed by atoms with Gasteiger partial charge in [0.1, 0.15) is 11.5 Å². The van der Waals surface area contributed by atoms with Crippen LogP contribution in [-0.4, -0.2) is 19.0 Å². The lowest BCUT2D eigenvalue weighted by molar-refractivity contribution is -0.113. The van der Waals surface area contributed by atoms with E-state index in [1.807, 2.05) is 24.3 Å². The highest BCUT2D eigenvalue weighted by Crippen LogP contribution is 2.44. The summed E-state index contributed by atoms with van der Waals surface area (Å²) < 4.78 is 11.7. The van der Waals surface area contributed by atoms with Crippen LogP contribution < -0.4 is 9.47 Å². The van der Waals surface area contributed by atoms with Crippen LogP contribution in [0, 0.1) is 11.3 Å². The molecule has 0 heterocycles. The number of Topliss-reactive ketones (excluding diaryl/α,β-unsaturated/α-hetero) is 1. The molecule has 1 saturated carbocycles. The van der Waals surface area contributed by atoms with Crippen molar-refractivity contribution in [1.82, 2.24) is 0 Å². The predicted octanol–water partition coefficient (Wildman–Crippen LogP) is 9.71. The number of allylic oxidation sites excluding steroid dienone is 2. The Morgan fingerprint density at radius 3 is 1.50 bits per heavy atom. The first-order valence-corrected chi connectivity index (χ1v) is 14.8. The second-order valence-corrected chi connectivity index (χ2v) is 11.4. The number of benzene rings is 2. The molecule has 1 unspecified atom stereocenters. The molecule has 1 atom stereocenters. The molecule has 0 aliphatic heterocycles. The molecule has 2 aromatic carbocycles. The SMILES string of the molecule is CCCCCOc1ccc(/C=C2/CC(C(C)(C)CC)C/C(=C\c3ccc(OCCCCC)cc3)C2=O)cc1. The first kappa shape index (κ1) is 29.7. The number of hydrogen-bond acceptors (Lipinski definition) is 3. The van der Waals surface area contributed by atoms with Gasteiger partial charge in [0, 0.05) is 11.1 Å². The monoisotopic (exact) mass is 516 g/mol. The summed E-state index contributed by atoms with van der Waals surface area (Å²) in [7, 11) is 0. The first-order chi connectivity index (χ1) is 18.4. The summed E-state index contributed by atoms with van der Waals surface area (Å²) in [6, 6.07) is 16.3. The van der Waals surface area contributed by atoms with Crippen LogP contribution >= 0.6 is 0 Å². The molecule has 0 bridgehead atoms. The minimum Gasteiger partial charge on any atom is -0.494 e. The van der Waals surface area contributed by atoms with Crippen molar-refractivity contribution in [1.29, 1.82) is 0 Å². The highest BCUT2D eigenvalue weighted by molar-refractivity contribution is 6.14. The summed E-state index contributed by atoms with van der Waals surface area (Å²) in [5, 5.41) is 0. The maximum absolute atomic E-state index is 13.6. The van der Waals surface area contributed by atoms with Crippen molar-refractivity contribution in [2.24, 2.45) is 11.3 Å². The van der Waals surface area contributed by atoms with Gasteiger partial charge >= 0.3 is 0 Å². The fourth-order valence-corrected chi connectivity index (χ4v) is 4.89. The molecule has 0 spiro atoms. The highest BCUT2D eigenvalue weighted by atomic mass is 16.5. The maximum Gasteiger partial charge on any atom is 0.185 e. The molecule has 1 aliphatic carbocycles. The Labute approximate surface area is 231 Å². The Bertz CT molecular complexity index is 980. The summed E-state index contributed by atoms with van der Waals surface area (Å²) in [6.07, 6.45) is 13.8. The molecule has 206 valence electrons.